The zero-order chi connectivity index (χ0) is 14.8. The van der Waals surface area contributed by atoms with Crippen molar-refractivity contribution < 1.29 is 5.11 Å². The van der Waals surface area contributed by atoms with Crippen LogP contribution in [0.2, 0.25) is 0 Å². The van der Waals surface area contributed by atoms with Gasteiger partial charge in [0.25, 0.3) is 0 Å². The third-order valence-electron chi connectivity index (χ3n) is 3.04. The smallest absolute Gasteiger partial charge is 0.211 e. The minimum Gasteiger partial charge on any atom is -0.507 e. The van der Waals surface area contributed by atoms with E-state index in [0.717, 1.165) is 14.8 Å². The first kappa shape index (κ1) is 14.0. The molecule has 1 aromatic heterocycles. The molecule has 1 N–H and O–H groups in total. The Bertz CT molecular complexity index is 895. The molecule has 106 valence electrons. The third kappa shape index (κ3) is 2.91. The van der Waals surface area contributed by atoms with Gasteiger partial charge in [-0.3, -0.25) is 0 Å². The molecule has 2 aromatic carbocycles. The summed E-state index contributed by atoms with van der Waals surface area (Å²) in [4.78, 5) is 0.807. The summed E-state index contributed by atoms with van der Waals surface area (Å²) in [5.41, 5.74) is 1.75. The summed E-state index contributed by atoms with van der Waals surface area (Å²) in [5, 5.41) is 18.1. The molecule has 0 aliphatic heterocycles. The van der Waals surface area contributed by atoms with Gasteiger partial charge in [0.05, 0.1) is 16.4 Å². The van der Waals surface area contributed by atoms with E-state index in [0.29, 0.717) is 5.56 Å². The third-order valence-corrected chi connectivity index (χ3v) is 4.64. The van der Waals surface area contributed by atoms with Gasteiger partial charge in [-0.1, -0.05) is 39.4 Å². The van der Waals surface area contributed by atoms with E-state index in [1.165, 1.54) is 4.70 Å². The van der Waals surface area contributed by atoms with Crippen LogP contribution in [0, 0.1) is 0 Å². The molecule has 0 saturated heterocycles. The van der Waals surface area contributed by atoms with Crippen LogP contribution in [-0.4, -0.2) is 15.9 Å². The molecule has 3 aromatic rings. The zero-order valence-electron chi connectivity index (χ0n) is 11.2. The van der Waals surface area contributed by atoms with Crippen molar-refractivity contribution in [2.75, 3.05) is 0 Å². The van der Waals surface area contributed by atoms with Gasteiger partial charge in [-0.05, 0) is 30.3 Å². The Morgan fingerprint density at radius 2 is 2.05 bits per heavy atom. The van der Waals surface area contributed by atoms with Crippen LogP contribution in [0.25, 0.3) is 10.2 Å². The first-order chi connectivity index (χ1) is 10.1. The number of hydrogen-bond acceptors (Lipinski definition) is 4. The average molecular weight is 362 g/mol. The Morgan fingerprint density at radius 1 is 1.24 bits per heavy atom. The fourth-order valence-electron chi connectivity index (χ4n) is 1.95. The van der Waals surface area contributed by atoms with Crippen LogP contribution in [0.15, 0.2) is 57.1 Å². The number of aryl methyl sites for hydroxylation is 1. The van der Waals surface area contributed by atoms with Crippen LogP contribution in [-0.2, 0) is 7.05 Å². The second kappa shape index (κ2) is 5.83. The summed E-state index contributed by atoms with van der Waals surface area (Å²) in [7, 11) is 1.96. The summed E-state index contributed by atoms with van der Waals surface area (Å²) in [6.07, 6.45) is 1.55. The Morgan fingerprint density at radius 3 is 2.86 bits per heavy atom. The van der Waals surface area contributed by atoms with E-state index < -0.39 is 0 Å². The van der Waals surface area contributed by atoms with Crippen LogP contribution in [0.5, 0.6) is 5.75 Å². The van der Waals surface area contributed by atoms with Crippen molar-refractivity contribution in [3.05, 3.63) is 57.3 Å². The topological polar surface area (TPSA) is 49.9 Å². The summed E-state index contributed by atoms with van der Waals surface area (Å²) < 4.78 is 4.05. The first-order valence-electron chi connectivity index (χ1n) is 6.25. The minimum atomic E-state index is 0.179. The molecule has 0 aliphatic carbocycles. The molecule has 0 amide bonds. The molecule has 0 spiro atoms. The van der Waals surface area contributed by atoms with Crippen LogP contribution in [0.3, 0.4) is 0 Å². The van der Waals surface area contributed by atoms with Gasteiger partial charge >= 0.3 is 0 Å². The molecular weight excluding hydrogens is 350 g/mol. The van der Waals surface area contributed by atoms with Gasteiger partial charge in [0.15, 0.2) is 0 Å². The predicted molar refractivity (Wildman–Crippen MR) is 89.8 cm³/mol. The highest BCUT2D eigenvalue weighted by Crippen LogP contribution is 2.20. The Labute approximate surface area is 133 Å². The lowest BCUT2D eigenvalue weighted by Crippen LogP contribution is -2.08. The van der Waals surface area contributed by atoms with E-state index in [-0.39, 0.29) is 5.75 Å². The number of aromatic nitrogens is 1. The maximum Gasteiger partial charge on any atom is 0.211 e. The lowest BCUT2D eigenvalue weighted by atomic mass is 10.2. The number of benzene rings is 2. The van der Waals surface area contributed by atoms with Crippen LogP contribution < -0.4 is 4.80 Å². The number of aromatic hydroxyl groups is 1. The summed E-state index contributed by atoms with van der Waals surface area (Å²) in [6, 6.07) is 13.3. The van der Waals surface area contributed by atoms with Gasteiger partial charge in [-0.25, -0.2) is 0 Å². The molecule has 0 aliphatic rings. The summed E-state index contributed by atoms with van der Waals surface area (Å²) >= 11 is 4.94. The number of thiazole rings is 1. The number of phenolic OH excluding ortho intramolecular Hbond substituents is 1. The molecule has 0 bridgehead atoms. The normalized spacial score (nSPS) is 12.6. The van der Waals surface area contributed by atoms with Gasteiger partial charge in [-0.2, -0.15) is 5.10 Å². The van der Waals surface area contributed by atoms with Gasteiger partial charge in [-0.15, -0.1) is 5.10 Å². The molecular formula is C15H12BrN3OS. The lowest BCUT2D eigenvalue weighted by Gasteiger charge is -1.97. The maximum atomic E-state index is 9.74. The van der Waals surface area contributed by atoms with Crippen molar-refractivity contribution >= 4 is 43.7 Å². The number of para-hydroxylation sites is 1. The number of rotatable bonds is 2. The number of phenols is 1. The summed E-state index contributed by atoms with van der Waals surface area (Å²) in [5.74, 6) is 0.179. The van der Waals surface area contributed by atoms with Crippen LogP contribution in [0.4, 0.5) is 0 Å². The Kier molecular flexibility index (Phi) is 3.90. The Balaban J connectivity index is 1.99. The Hall–Kier alpha value is -1.92. The molecule has 0 atom stereocenters. The molecule has 3 rings (SSSR count). The highest BCUT2D eigenvalue weighted by molar-refractivity contribution is 9.10. The fourth-order valence-corrected chi connectivity index (χ4v) is 3.30. The molecule has 21 heavy (non-hydrogen) atoms. The monoisotopic (exact) mass is 361 g/mol. The van der Waals surface area contributed by atoms with E-state index in [9.17, 15) is 5.11 Å². The summed E-state index contributed by atoms with van der Waals surface area (Å²) in [6.45, 7) is 0. The highest BCUT2D eigenvalue weighted by Gasteiger charge is 2.01. The van der Waals surface area contributed by atoms with Crippen LogP contribution >= 0.6 is 27.3 Å². The van der Waals surface area contributed by atoms with E-state index in [1.807, 2.05) is 23.7 Å². The van der Waals surface area contributed by atoms with Crippen molar-refractivity contribution in [3.8, 4) is 5.75 Å². The van der Waals surface area contributed by atoms with Gasteiger partial charge in [0, 0.05) is 17.1 Å². The first-order valence-corrected chi connectivity index (χ1v) is 7.86. The predicted octanol–water partition coefficient (Wildman–Crippen LogP) is 3.64. The molecule has 0 radical (unpaired) electrons. The standard InChI is InChI=1S/C15H12BrN3OS/c1-19-12-4-2-3-5-14(12)21-15(19)18-17-9-10-8-11(16)6-7-13(10)20/h2-9,20H,1H3/b17-9-,18-15+. The second-order valence-electron chi connectivity index (χ2n) is 4.46. The van der Waals surface area contributed by atoms with Gasteiger partial charge in [0.1, 0.15) is 5.75 Å². The van der Waals surface area contributed by atoms with E-state index in [2.05, 4.69) is 38.3 Å². The van der Waals surface area contributed by atoms with Crippen molar-refractivity contribution in [2.24, 2.45) is 17.3 Å². The average Bonchev–Trinajstić information content (AvgIpc) is 2.80. The molecule has 6 heteroatoms. The van der Waals surface area contributed by atoms with Crippen molar-refractivity contribution in [3.63, 3.8) is 0 Å². The number of fused-ring (bicyclic) bond motifs is 1. The van der Waals surface area contributed by atoms with Crippen LogP contribution in [0.1, 0.15) is 5.56 Å². The van der Waals surface area contributed by atoms with E-state index >= 15 is 0 Å². The van der Waals surface area contributed by atoms with Gasteiger partial charge < -0.3 is 9.67 Å². The lowest BCUT2D eigenvalue weighted by molar-refractivity contribution is 0.474. The SMILES string of the molecule is Cn1/c(=N\N=C/c2cc(Br)ccc2O)sc2ccccc21. The van der Waals surface area contributed by atoms with Crippen molar-refractivity contribution in [2.45, 2.75) is 0 Å². The molecule has 4 nitrogen and oxygen atoms in total. The minimum absolute atomic E-state index is 0.179. The van der Waals surface area contributed by atoms with E-state index in [1.54, 1.807) is 35.8 Å². The number of nitrogens with zero attached hydrogens (tertiary/aromatic N) is 3. The molecule has 0 unspecified atom stereocenters. The second-order valence-corrected chi connectivity index (χ2v) is 6.38. The number of hydrogen-bond donors (Lipinski definition) is 1. The zero-order valence-corrected chi connectivity index (χ0v) is 13.6. The van der Waals surface area contributed by atoms with Crippen molar-refractivity contribution in [1.29, 1.82) is 0 Å². The largest absolute Gasteiger partial charge is 0.507 e. The quantitative estimate of drug-likeness (QED) is 0.549. The fraction of sp³-hybridized carbons (Fsp3) is 0.0667. The van der Waals surface area contributed by atoms with Crippen molar-refractivity contribution in [1.82, 2.24) is 4.57 Å². The molecule has 0 saturated carbocycles. The van der Waals surface area contributed by atoms with Gasteiger partial charge in [0.2, 0.25) is 4.80 Å². The van der Waals surface area contributed by atoms with E-state index in [4.69, 9.17) is 0 Å². The molecule has 1 heterocycles. The number of halogens is 1. The highest BCUT2D eigenvalue weighted by atomic mass is 79.9. The maximum absolute atomic E-state index is 9.74. The molecule has 0 fully saturated rings.